The molecule has 11 aromatic rings. The molecule has 0 N–H and O–H groups in total. The van der Waals surface area contributed by atoms with E-state index in [0.717, 1.165) is 33.5 Å². The normalized spacial score (nSPS) is 11.8. The molecule has 0 aliphatic heterocycles. The lowest BCUT2D eigenvalue weighted by Crippen LogP contribution is -1.94. The summed E-state index contributed by atoms with van der Waals surface area (Å²) in [6.07, 6.45) is 3.83. The van der Waals surface area contributed by atoms with Crippen LogP contribution in [-0.2, 0) is 0 Å². The topological polar surface area (TPSA) is 30.7 Å². The fourth-order valence-electron chi connectivity index (χ4n) is 8.57. The molecule has 53 heavy (non-hydrogen) atoms. The van der Waals surface area contributed by atoms with Gasteiger partial charge in [-0.3, -0.25) is 9.97 Å². The Labute approximate surface area is 306 Å². The first kappa shape index (κ1) is 29.6. The van der Waals surface area contributed by atoms with Crippen LogP contribution in [0.25, 0.3) is 104 Å². The van der Waals surface area contributed by atoms with Crippen LogP contribution in [0.5, 0.6) is 0 Å². The van der Waals surface area contributed by atoms with E-state index >= 15 is 0 Å². The van der Waals surface area contributed by atoms with Crippen molar-refractivity contribution in [1.29, 1.82) is 0 Å². The molecule has 0 fully saturated rings. The van der Waals surface area contributed by atoms with Gasteiger partial charge in [0.2, 0.25) is 0 Å². The van der Waals surface area contributed by atoms with Crippen LogP contribution in [0.15, 0.2) is 188 Å². The molecule has 0 saturated carbocycles. The molecule has 11 rings (SSSR count). The molecule has 8 aromatic carbocycles. The first-order valence-corrected chi connectivity index (χ1v) is 18.1. The SMILES string of the molecule is c1ccc(-n2c3ccc(-c4c5ccccc5c(-c5cc6ccccc6c6ccccc56)c5ccccc45)cc3c3cc(-c4ccccn4)ncc32)cc1. The molecule has 0 spiro atoms. The van der Waals surface area contributed by atoms with Crippen LogP contribution in [0.1, 0.15) is 0 Å². The van der Waals surface area contributed by atoms with Crippen molar-refractivity contribution in [2.75, 3.05) is 0 Å². The second-order valence-corrected chi connectivity index (χ2v) is 13.7. The second kappa shape index (κ2) is 11.7. The third-order valence-electron chi connectivity index (χ3n) is 10.9. The average molecular weight is 674 g/mol. The highest BCUT2D eigenvalue weighted by Crippen LogP contribution is 2.47. The lowest BCUT2D eigenvalue weighted by atomic mass is 9.83. The number of aromatic nitrogens is 3. The molecule has 3 heteroatoms. The van der Waals surface area contributed by atoms with Gasteiger partial charge < -0.3 is 4.57 Å². The fraction of sp³-hybridized carbons (Fsp3) is 0. The van der Waals surface area contributed by atoms with Gasteiger partial charge in [-0.05, 0) is 114 Å². The summed E-state index contributed by atoms with van der Waals surface area (Å²) in [6.45, 7) is 0. The van der Waals surface area contributed by atoms with Crippen molar-refractivity contribution in [2.24, 2.45) is 0 Å². The van der Waals surface area contributed by atoms with E-state index in [1.54, 1.807) is 0 Å². The zero-order valence-corrected chi connectivity index (χ0v) is 28.7. The summed E-state index contributed by atoms with van der Waals surface area (Å²) in [7, 11) is 0. The Balaban J connectivity index is 1.23. The van der Waals surface area contributed by atoms with E-state index in [9.17, 15) is 0 Å². The molecule has 0 atom stereocenters. The first-order chi connectivity index (χ1) is 26.3. The predicted octanol–water partition coefficient (Wildman–Crippen LogP) is 13.2. The number of para-hydroxylation sites is 1. The fourth-order valence-corrected chi connectivity index (χ4v) is 8.57. The van der Waals surface area contributed by atoms with Crippen LogP contribution < -0.4 is 0 Å². The van der Waals surface area contributed by atoms with E-state index in [1.807, 2.05) is 30.6 Å². The Bertz CT molecular complexity index is 3160. The molecular formula is C50H31N3. The summed E-state index contributed by atoms with van der Waals surface area (Å²) in [5.41, 5.74) is 9.99. The highest BCUT2D eigenvalue weighted by Gasteiger charge is 2.21. The largest absolute Gasteiger partial charge is 0.308 e. The van der Waals surface area contributed by atoms with Crippen molar-refractivity contribution >= 4 is 64.9 Å². The van der Waals surface area contributed by atoms with E-state index in [2.05, 4.69) is 167 Å². The van der Waals surface area contributed by atoms with Gasteiger partial charge in [-0.15, -0.1) is 0 Å². The van der Waals surface area contributed by atoms with Gasteiger partial charge in [-0.1, -0.05) is 127 Å². The van der Waals surface area contributed by atoms with Crippen LogP contribution in [0.4, 0.5) is 0 Å². The Hall–Kier alpha value is -7.10. The van der Waals surface area contributed by atoms with Crippen molar-refractivity contribution in [3.63, 3.8) is 0 Å². The number of hydrogen-bond acceptors (Lipinski definition) is 2. The standard InChI is InChI=1S/C50H31N3/c1-2-15-34(16-3-1)53-47-26-25-33(29-42(47)43-30-46(52-31-48(43)53)45-24-12-13-27-51-45)49-38-20-8-10-22-40(38)50(41-23-11-9-21-39(41)49)44-28-32-14-4-5-17-35(32)36-18-6-7-19-37(36)44/h1-31H. The van der Waals surface area contributed by atoms with Crippen LogP contribution in [0.2, 0.25) is 0 Å². The lowest BCUT2D eigenvalue weighted by Gasteiger charge is -2.19. The van der Waals surface area contributed by atoms with Crippen molar-refractivity contribution in [3.8, 4) is 39.3 Å². The molecule has 0 saturated heterocycles. The minimum absolute atomic E-state index is 0.860. The summed E-state index contributed by atoms with van der Waals surface area (Å²) < 4.78 is 2.33. The third-order valence-corrected chi connectivity index (χ3v) is 10.9. The maximum atomic E-state index is 4.92. The minimum atomic E-state index is 0.860. The summed E-state index contributed by atoms with van der Waals surface area (Å²) in [5.74, 6) is 0. The van der Waals surface area contributed by atoms with E-state index in [4.69, 9.17) is 4.98 Å². The summed E-state index contributed by atoms with van der Waals surface area (Å²) in [4.78, 5) is 9.55. The van der Waals surface area contributed by atoms with Crippen LogP contribution in [0, 0.1) is 0 Å². The zero-order chi connectivity index (χ0) is 34.9. The quantitative estimate of drug-likeness (QED) is 0.137. The molecule has 3 nitrogen and oxygen atoms in total. The Kier molecular flexibility index (Phi) is 6.55. The molecule has 246 valence electrons. The Morgan fingerprint density at radius 2 is 0.962 bits per heavy atom. The molecule has 3 aromatic heterocycles. The first-order valence-electron chi connectivity index (χ1n) is 18.1. The van der Waals surface area contributed by atoms with Gasteiger partial charge in [-0.25, -0.2) is 0 Å². The Morgan fingerprint density at radius 1 is 0.358 bits per heavy atom. The van der Waals surface area contributed by atoms with Gasteiger partial charge in [0.05, 0.1) is 28.6 Å². The summed E-state index contributed by atoms with van der Waals surface area (Å²) in [6, 6.07) is 63.6. The van der Waals surface area contributed by atoms with Crippen LogP contribution >= 0.6 is 0 Å². The molecule has 0 aliphatic rings. The molecular weight excluding hydrogens is 643 g/mol. The molecule has 0 aliphatic carbocycles. The molecule has 3 heterocycles. The third kappa shape index (κ3) is 4.54. The van der Waals surface area contributed by atoms with Gasteiger partial charge in [0.15, 0.2) is 0 Å². The molecule has 0 amide bonds. The molecule has 0 bridgehead atoms. The van der Waals surface area contributed by atoms with E-state index in [0.29, 0.717) is 0 Å². The number of rotatable bonds is 4. The van der Waals surface area contributed by atoms with Gasteiger partial charge in [0.25, 0.3) is 0 Å². The number of hydrogen-bond donors (Lipinski definition) is 0. The maximum absolute atomic E-state index is 4.92. The highest BCUT2D eigenvalue weighted by atomic mass is 15.0. The van der Waals surface area contributed by atoms with E-state index in [1.165, 1.54) is 70.7 Å². The summed E-state index contributed by atoms with van der Waals surface area (Å²) >= 11 is 0. The van der Waals surface area contributed by atoms with Crippen molar-refractivity contribution in [3.05, 3.63) is 188 Å². The van der Waals surface area contributed by atoms with Gasteiger partial charge in [-0.2, -0.15) is 0 Å². The highest BCUT2D eigenvalue weighted by molar-refractivity contribution is 6.26. The molecule has 0 radical (unpaired) electrons. The zero-order valence-electron chi connectivity index (χ0n) is 28.7. The Morgan fingerprint density at radius 3 is 1.68 bits per heavy atom. The number of fused-ring (bicyclic) bond motifs is 8. The number of nitrogens with zero attached hydrogens (tertiary/aromatic N) is 3. The summed E-state index contributed by atoms with van der Waals surface area (Å²) in [5, 5.41) is 12.4. The second-order valence-electron chi connectivity index (χ2n) is 13.7. The lowest BCUT2D eigenvalue weighted by molar-refractivity contribution is 1.16. The van der Waals surface area contributed by atoms with Crippen molar-refractivity contribution < 1.29 is 0 Å². The van der Waals surface area contributed by atoms with Crippen molar-refractivity contribution in [1.82, 2.24) is 14.5 Å². The van der Waals surface area contributed by atoms with Crippen molar-refractivity contribution in [2.45, 2.75) is 0 Å². The molecule has 0 unspecified atom stereocenters. The maximum Gasteiger partial charge on any atom is 0.0893 e. The average Bonchev–Trinajstić information content (AvgIpc) is 3.56. The van der Waals surface area contributed by atoms with E-state index < -0.39 is 0 Å². The number of benzene rings is 8. The smallest absolute Gasteiger partial charge is 0.0893 e. The van der Waals surface area contributed by atoms with Crippen LogP contribution in [-0.4, -0.2) is 14.5 Å². The minimum Gasteiger partial charge on any atom is -0.308 e. The van der Waals surface area contributed by atoms with E-state index in [-0.39, 0.29) is 0 Å². The van der Waals surface area contributed by atoms with Gasteiger partial charge >= 0.3 is 0 Å². The van der Waals surface area contributed by atoms with Crippen LogP contribution in [0.3, 0.4) is 0 Å². The number of pyridine rings is 2. The van der Waals surface area contributed by atoms with Gasteiger partial charge in [0, 0.05) is 22.7 Å². The predicted molar refractivity (Wildman–Crippen MR) is 223 cm³/mol. The monoisotopic (exact) mass is 673 g/mol. The van der Waals surface area contributed by atoms with Gasteiger partial charge in [0.1, 0.15) is 0 Å².